The number of benzene rings is 1. The first-order valence-electron chi connectivity index (χ1n) is 8.67. The number of aryl methyl sites for hydroxylation is 1. The second-order valence-electron chi connectivity index (χ2n) is 6.40. The highest BCUT2D eigenvalue weighted by atomic mass is 16.4. The Labute approximate surface area is 142 Å². The van der Waals surface area contributed by atoms with Crippen LogP contribution in [-0.2, 0) is 11.2 Å². The summed E-state index contributed by atoms with van der Waals surface area (Å²) in [5.41, 5.74) is 0.979. The Morgan fingerprint density at radius 3 is 2.83 bits per heavy atom. The summed E-state index contributed by atoms with van der Waals surface area (Å²) in [6.07, 6.45) is 6.29. The van der Waals surface area contributed by atoms with Crippen molar-refractivity contribution in [1.29, 1.82) is 0 Å². The van der Waals surface area contributed by atoms with E-state index in [9.17, 15) is 9.90 Å². The average Bonchev–Trinajstić information content (AvgIpc) is 3.09. The minimum Gasteiger partial charge on any atom is -0.441 e. The molecule has 24 heavy (non-hydrogen) atoms. The second-order valence-corrected chi connectivity index (χ2v) is 6.40. The first-order valence-corrected chi connectivity index (χ1v) is 8.67. The smallest absolute Gasteiger partial charge is 0.220 e. The fraction of sp³-hybridized carbons (Fsp3) is 0.474. The molecular formula is C19H24N2O3. The van der Waals surface area contributed by atoms with Crippen molar-refractivity contribution in [2.45, 2.75) is 44.6 Å². The van der Waals surface area contributed by atoms with Crippen molar-refractivity contribution in [2.24, 2.45) is 5.92 Å². The van der Waals surface area contributed by atoms with E-state index >= 15 is 0 Å². The fourth-order valence-electron chi connectivity index (χ4n) is 3.14. The average molecular weight is 328 g/mol. The van der Waals surface area contributed by atoms with Gasteiger partial charge in [0.05, 0.1) is 12.3 Å². The predicted octanol–water partition coefficient (Wildman–Crippen LogP) is 2.94. The van der Waals surface area contributed by atoms with Gasteiger partial charge in [-0.3, -0.25) is 4.79 Å². The number of aliphatic hydroxyl groups is 1. The van der Waals surface area contributed by atoms with Gasteiger partial charge in [-0.15, -0.1) is 0 Å². The Balaban J connectivity index is 1.44. The van der Waals surface area contributed by atoms with Gasteiger partial charge in [-0.05, 0) is 12.8 Å². The van der Waals surface area contributed by atoms with Gasteiger partial charge in [0.1, 0.15) is 0 Å². The number of oxazole rings is 1. The Morgan fingerprint density at radius 2 is 2.04 bits per heavy atom. The van der Waals surface area contributed by atoms with Crippen LogP contribution in [0.3, 0.4) is 0 Å². The van der Waals surface area contributed by atoms with Crippen LogP contribution in [0.4, 0.5) is 0 Å². The molecule has 3 rings (SSSR count). The molecule has 1 amide bonds. The van der Waals surface area contributed by atoms with E-state index in [2.05, 4.69) is 10.3 Å². The number of nitrogens with zero attached hydrogens (tertiary/aromatic N) is 1. The van der Waals surface area contributed by atoms with E-state index in [-0.39, 0.29) is 17.9 Å². The van der Waals surface area contributed by atoms with Crippen molar-refractivity contribution < 1.29 is 14.3 Å². The van der Waals surface area contributed by atoms with Crippen LogP contribution in [0.15, 0.2) is 40.9 Å². The van der Waals surface area contributed by atoms with Gasteiger partial charge in [-0.25, -0.2) is 4.98 Å². The summed E-state index contributed by atoms with van der Waals surface area (Å²) in [5, 5.41) is 12.8. The van der Waals surface area contributed by atoms with Crippen LogP contribution in [0.2, 0.25) is 0 Å². The van der Waals surface area contributed by atoms with Crippen LogP contribution in [0.1, 0.15) is 38.0 Å². The SMILES string of the molecule is O=C(CCc1ncc(-c2ccccc2)o1)NC[C@@H]1CCCC[C@H]1O. The zero-order chi connectivity index (χ0) is 16.8. The third-order valence-electron chi connectivity index (χ3n) is 4.61. The van der Waals surface area contributed by atoms with E-state index in [1.165, 1.54) is 0 Å². The standard InChI is InChI=1S/C19H24N2O3/c22-16-9-5-4-8-15(16)12-20-18(23)10-11-19-21-13-17(24-19)14-6-2-1-3-7-14/h1-3,6-7,13,15-16,22H,4-5,8-12H2,(H,20,23)/t15-,16+/m0/s1. The molecule has 2 atom stereocenters. The number of amides is 1. The van der Waals surface area contributed by atoms with Gasteiger partial charge in [0.2, 0.25) is 5.91 Å². The first kappa shape index (κ1) is 16.7. The normalized spacial score (nSPS) is 20.7. The third-order valence-corrected chi connectivity index (χ3v) is 4.61. The van der Waals surface area contributed by atoms with Crippen molar-refractivity contribution in [1.82, 2.24) is 10.3 Å². The molecule has 0 spiro atoms. The first-order chi connectivity index (χ1) is 11.7. The predicted molar refractivity (Wildman–Crippen MR) is 91.2 cm³/mol. The number of rotatable bonds is 6. The second kappa shape index (κ2) is 8.11. The Kier molecular flexibility index (Phi) is 5.64. The number of carbonyl (C=O) groups excluding carboxylic acids is 1. The van der Waals surface area contributed by atoms with Crippen molar-refractivity contribution in [3.8, 4) is 11.3 Å². The van der Waals surface area contributed by atoms with Crippen LogP contribution in [0, 0.1) is 5.92 Å². The molecule has 2 aromatic rings. The van der Waals surface area contributed by atoms with E-state index in [0.29, 0.717) is 25.3 Å². The molecule has 0 unspecified atom stereocenters. The molecule has 1 saturated carbocycles. The molecule has 0 aliphatic heterocycles. The van der Waals surface area contributed by atoms with Gasteiger partial charge < -0.3 is 14.8 Å². The molecule has 1 fully saturated rings. The molecule has 1 heterocycles. The lowest BCUT2D eigenvalue weighted by Gasteiger charge is -2.27. The van der Waals surface area contributed by atoms with Crippen LogP contribution < -0.4 is 5.32 Å². The van der Waals surface area contributed by atoms with Crippen molar-refractivity contribution in [3.05, 3.63) is 42.4 Å². The Bertz CT molecular complexity index is 654. The highest BCUT2D eigenvalue weighted by Crippen LogP contribution is 2.23. The number of nitrogens with one attached hydrogen (secondary N) is 1. The monoisotopic (exact) mass is 328 g/mol. The van der Waals surface area contributed by atoms with E-state index < -0.39 is 0 Å². The maximum absolute atomic E-state index is 12.0. The molecule has 1 aromatic heterocycles. The molecule has 5 heteroatoms. The van der Waals surface area contributed by atoms with E-state index in [1.807, 2.05) is 30.3 Å². The van der Waals surface area contributed by atoms with E-state index in [1.54, 1.807) is 6.20 Å². The van der Waals surface area contributed by atoms with Crippen LogP contribution in [0.5, 0.6) is 0 Å². The van der Waals surface area contributed by atoms with Gasteiger partial charge in [0.15, 0.2) is 11.7 Å². The summed E-state index contributed by atoms with van der Waals surface area (Å²) in [4.78, 5) is 16.2. The third kappa shape index (κ3) is 4.45. The lowest BCUT2D eigenvalue weighted by atomic mass is 9.86. The van der Waals surface area contributed by atoms with Gasteiger partial charge in [0, 0.05) is 30.9 Å². The van der Waals surface area contributed by atoms with E-state index in [0.717, 1.165) is 37.0 Å². The summed E-state index contributed by atoms with van der Waals surface area (Å²) in [6, 6.07) is 9.78. The molecule has 128 valence electrons. The lowest BCUT2D eigenvalue weighted by molar-refractivity contribution is -0.121. The summed E-state index contributed by atoms with van der Waals surface area (Å²) in [6.45, 7) is 0.556. The topological polar surface area (TPSA) is 75.4 Å². The number of carbonyl (C=O) groups is 1. The Morgan fingerprint density at radius 1 is 1.25 bits per heavy atom. The summed E-state index contributed by atoms with van der Waals surface area (Å²) in [5.74, 6) is 1.46. The number of aromatic nitrogens is 1. The fourth-order valence-corrected chi connectivity index (χ4v) is 3.14. The molecule has 1 aliphatic rings. The number of aliphatic hydroxyl groups excluding tert-OH is 1. The van der Waals surface area contributed by atoms with Crippen LogP contribution in [-0.4, -0.2) is 28.6 Å². The summed E-state index contributed by atoms with van der Waals surface area (Å²) >= 11 is 0. The number of hydrogen-bond donors (Lipinski definition) is 2. The summed E-state index contributed by atoms with van der Waals surface area (Å²) in [7, 11) is 0. The largest absolute Gasteiger partial charge is 0.441 e. The maximum Gasteiger partial charge on any atom is 0.220 e. The zero-order valence-electron chi connectivity index (χ0n) is 13.8. The Hall–Kier alpha value is -2.14. The van der Waals surface area contributed by atoms with Crippen molar-refractivity contribution in [3.63, 3.8) is 0 Å². The summed E-state index contributed by atoms with van der Waals surface area (Å²) < 4.78 is 5.70. The van der Waals surface area contributed by atoms with Gasteiger partial charge >= 0.3 is 0 Å². The molecule has 5 nitrogen and oxygen atoms in total. The highest BCUT2D eigenvalue weighted by molar-refractivity contribution is 5.76. The maximum atomic E-state index is 12.0. The van der Waals surface area contributed by atoms with Gasteiger partial charge in [-0.2, -0.15) is 0 Å². The molecule has 1 aromatic carbocycles. The minimum atomic E-state index is -0.278. The molecule has 0 radical (unpaired) electrons. The molecule has 0 bridgehead atoms. The van der Waals surface area contributed by atoms with Crippen molar-refractivity contribution in [2.75, 3.05) is 6.54 Å². The number of hydrogen-bond acceptors (Lipinski definition) is 4. The molecule has 2 N–H and O–H groups in total. The quantitative estimate of drug-likeness (QED) is 0.855. The van der Waals surface area contributed by atoms with Gasteiger partial charge in [-0.1, -0.05) is 43.2 Å². The van der Waals surface area contributed by atoms with Crippen LogP contribution >= 0.6 is 0 Å². The lowest BCUT2D eigenvalue weighted by Crippen LogP contribution is -2.36. The highest BCUT2D eigenvalue weighted by Gasteiger charge is 2.23. The molecule has 0 saturated heterocycles. The van der Waals surface area contributed by atoms with Crippen LogP contribution in [0.25, 0.3) is 11.3 Å². The molecule has 1 aliphatic carbocycles. The minimum absolute atomic E-state index is 0.0211. The van der Waals surface area contributed by atoms with Gasteiger partial charge in [0.25, 0.3) is 0 Å². The van der Waals surface area contributed by atoms with Crippen molar-refractivity contribution >= 4 is 5.91 Å². The zero-order valence-corrected chi connectivity index (χ0v) is 13.8. The van der Waals surface area contributed by atoms with E-state index in [4.69, 9.17) is 4.42 Å². The molecular weight excluding hydrogens is 304 g/mol.